The van der Waals surface area contributed by atoms with Crippen molar-refractivity contribution >= 4 is 45.7 Å². The van der Waals surface area contributed by atoms with Crippen LogP contribution in [0, 0.1) is 19.8 Å². The van der Waals surface area contributed by atoms with Crippen LogP contribution in [0.2, 0.25) is 0 Å². The lowest BCUT2D eigenvalue weighted by Gasteiger charge is -2.23. The summed E-state index contributed by atoms with van der Waals surface area (Å²) in [5.41, 5.74) is 0. The second-order valence-electron chi connectivity index (χ2n) is 7.80. The largest absolute Gasteiger partial charge is 0.519 e. The van der Waals surface area contributed by atoms with Crippen LogP contribution in [0.4, 0.5) is 9.59 Å². The molecule has 0 saturated carbocycles. The number of Topliss-reactive ketones (excluding diaryl/α,β-unsaturated/α-hetero) is 2. The van der Waals surface area contributed by atoms with E-state index in [1.165, 1.54) is 34.6 Å². The van der Waals surface area contributed by atoms with Crippen molar-refractivity contribution in [2.24, 2.45) is 5.92 Å². The minimum absolute atomic E-state index is 0.0295. The number of carbonyl (C=O) groups is 4. The lowest BCUT2D eigenvalue weighted by molar-refractivity contribution is -0.126. The summed E-state index contributed by atoms with van der Waals surface area (Å²) in [5.74, 6) is -2.90. The molecule has 0 spiro atoms. The van der Waals surface area contributed by atoms with Gasteiger partial charge in [0.1, 0.15) is 11.6 Å². The minimum Gasteiger partial charge on any atom is -0.449 e. The van der Waals surface area contributed by atoms with Gasteiger partial charge in [0.25, 0.3) is 0 Å². The maximum atomic E-state index is 12.8. The standard InChI is InChI=1S/C21H24O12S2/c1-10(22)13(9-34-19(26)28-7-14-11(2)30-17(24)32-14)6-16(23)21(4,5)35-20(27)29-8-15-12(3)31-18(25)33-15/h13H,6-9H2,1-5H3/t13-/m0/s1. The van der Waals surface area contributed by atoms with Crippen LogP contribution in [0.5, 0.6) is 0 Å². The monoisotopic (exact) mass is 532 g/mol. The number of rotatable bonds is 11. The van der Waals surface area contributed by atoms with E-state index in [1.54, 1.807) is 0 Å². The molecule has 0 aliphatic rings. The molecule has 2 heterocycles. The fraction of sp³-hybridized carbons (Fsp3) is 0.524. The average Bonchev–Trinajstić information content (AvgIpc) is 3.25. The molecule has 0 bridgehead atoms. The van der Waals surface area contributed by atoms with Crippen molar-refractivity contribution in [1.29, 1.82) is 0 Å². The Kier molecular flexibility index (Phi) is 9.77. The predicted octanol–water partition coefficient (Wildman–Crippen LogP) is 3.78. The summed E-state index contributed by atoms with van der Waals surface area (Å²) in [6, 6.07) is 0. The molecule has 14 heteroatoms. The molecule has 0 radical (unpaired) electrons. The van der Waals surface area contributed by atoms with Gasteiger partial charge in [-0.3, -0.25) is 9.59 Å². The molecule has 0 amide bonds. The number of aryl methyl sites for hydroxylation is 2. The zero-order valence-electron chi connectivity index (χ0n) is 19.6. The summed E-state index contributed by atoms with van der Waals surface area (Å²) in [6.07, 6.45) is -0.214. The summed E-state index contributed by atoms with van der Waals surface area (Å²) in [5, 5.41) is -1.52. The Bertz CT molecular complexity index is 1200. The van der Waals surface area contributed by atoms with Crippen molar-refractivity contribution in [3.05, 3.63) is 44.3 Å². The van der Waals surface area contributed by atoms with E-state index in [9.17, 15) is 28.8 Å². The van der Waals surface area contributed by atoms with Gasteiger partial charge in [0.05, 0.1) is 4.75 Å². The molecule has 12 nitrogen and oxygen atoms in total. The van der Waals surface area contributed by atoms with Gasteiger partial charge >= 0.3 is 22.2 Å². The molecule has 0 aliphatic heterocycles. The summed E-state index contributed by atoms with van der Waals surface area (Å²) in [4.78, 5) is 71.1. The van der Waals surface area contributed by atoms with Gasteiger partial charge in [-0.1, -0.05) is 0 Å². The van der Waals surface area contributed by atoms with Gasteiger partial charge in [-0.05, 0) is 58.1 Å². The zero-order chi connectivity index (χ0) is 26.3. The maximum absolute atomic E-state index is 12.8. The van der Waals surface area contributed by atoms with Crippen LogP contribution in [-0.4, -0.2) is 32.7 Å². The van der Waals surface area contributed by atoms with E-state index in [1.807, 2.05) is 0 Å². The van der Waals surface area contributed by atoms with Crippen molar-refractivity contribution in [3.63, 3.8) is 0 Å². The quantitative estimate of drug-likeness (QED) is 0.382. The number of hydrogen-bond acceptors (Lipinski definition) is 14. The van der Waals surface area contributed by atoms with Crippen LogP contribution in [-0.2, 0) is 32.3 Å². The molecular weight excluding hydrogens is 508 g/mol. The van der Waals surface area contributed by atoms with E-state index in [2.05, 4.69) is 8.83 Å². The SMILES string of the molecule is CC(=O)[C@H](CSC(=O)OCc1oc(=O)oc1C)CC(=O)C(C)(C)SC(=O)OCc1oc(=O)oc1C. The molecule has 0 saturated heterocycles. The summed E-state index contributed by atoms with van der Waals surface area (Å²) >= 11 is 1.31. The van der Waals surface area contributed by atoms with E-state index in [0.717, 1.165) is 0 Å². The van der Waals surface area contributed by atoms with Gasteiger partial charge in [0, 0.05) is 18.1 Å². The highest BCUT2D eigenvalue weighted by atomic mass is 32.2. The first-order chi connectivity index (χ1) is 16.3. The van der Waals surface area contributed by atoms with Crippen LogP contribution in [0.1, 0.15) is 50.2 Å². The van der Waals surface area contributed by atoms with Crippen LogP contribution in [0.3, 0.4) is 0 Å². The molecular formula is C21H24O12S2. The highest BCUT2D eigenvalue weighted by molar-refractivity contribution is 8.15. The van der Waals surface area contributed by atoms with Gasteiger partial charge in [-0.2, -0.15) is 0 Å². The van der Waals surface area contributed by atoms with Gasteiger partial charge < -0.3 is 27.1 Å². The van der Waals surface area contributed by atoms with Crippen molar-refractivity contribution < 1.29 is 46.3 Å². The first-order valence-corrected chi connectivity index (χ1v) is 12.0. The van der Waals surface area contributed by atoms with E-state index >= 15 is 0 Å². The van der Waals surface area contributed by atoms with Gasteiger partial charge in [0.15, 0.2) is 36.3 Å². The molecule has 192 valence electrons. The van der Waals surface area contributed by atoms with Crippen molar-refractivity contribution in [1.82, 2.24) is 0 Å². The van der Waals surface area contributed by atoms with Crippen LogP contribution in [0.15, 0.2) is 27.3 Å². The molecule has 0 aliphatic carbocycles. The third kappa shape index (κ3) is 8.62. The summed E-state index contributed by atoms with van der Waals surface area (Å²) in [6.45, 7) is 6.59. The molecule has 1 atom stereocenters. The highest BCUT2D eigenvalue weighted by Crippen LogP contribution is 2.31. The Balaban J connectivity index is 1.84. The first kappa shape index (κ1) is 28.2. The molecule has 35 heavy (non-hydrogen) atoms. The third-order valence-corrected chi connectivity index (χ3v) is 6.68. The van der Waals surface area contributed by atoms with Crippen LogP contribution >= 0.6 is 23.5 Å². The Hall–Kier alpha value is -3.00. The molecule has 0 N–H and O–H groups in total. The Morgan fingerprint density at radius 3 is 1.77 bits per heavy atom. The molecule has 0 fully saturated rings. The minimum atomic E-state index is -1.24. The number of hydrogen-bond donors (Lipinski definition) is 0. The molecule has 2 aromatic heterocycles. The third-order valence-electron chi connectivity index (χ3n) is 4.73. The lowest BCUT2D eigenvalue weighted by atomic mass is 9.94. The van der Waals surface area contributed by atoms with Gasteiger partial charge in [-0.25, -0.2) is 19.2 Å². The molecule has 2 aromatic rings. The van der Waals surface area contributed by atoms with E-state index in [4.69, 9.17) is 18.3 Å². The van der Waals surface area contributed by atoms with Crippen molar-refractivity contribution in [2.75, 3.05) is 5.75 Å². The van der Waals surface area contributed by atoms with Crippen molar-refractivity contribution in [2.45, 2.75) is 59.0 Å². The maximum Gasteiger partial charge on any atom is 0.519 e. The van der Waals surface area contributed by atoms with Gasteiger partial charge in [-0.15, -0.1) is 0 Å². The zero-order valence-corrected chi connectivity index (χ0v) is 21.3. The number of ketones is 2. The number of ether oxygens (including phenoxy) is 2. The second-order valence-corrected chi connectivity index (χ2v) is 10.3. The second kappa shape index (κ2) is 12.1. The lowest BCUT2D eigenvalue weighted by Crippen LogP contribution is -2.33. The average molecular weight is 533 g/mol. The normalized spacial score (nSPS) is 12.3. The fourth-order valence-corrected chi connectivity index (χ4v) is 4.12. The number of thioether (sulfide) groups is 2. The first-order valence-electron chi connectivity index (χ1n) is 10.2. The summed E-state index contributed by atoms with van der Waals surface area (Å²) in [7, 11) is 0. The van der Waals surface area contributed by atoms with Crippen molar-refractivity contribution in [3.8, 4) is 0 Å². The molecule has 0 unspecified atom stereocenters. The van der Waals surface area contributed by atoms with Crippen LogP contribution < -0.4 is 11.6 Å². The van der Waals surface area contributed by atoms with Crippen LogP contribution in [0.25, 0.3) is 0 Å². The smallest absolute Gasteiger partial charge is 0.449 e. The van der Waals surface area contributed by atoms with E-state index in [0.29, 0.717) is 23.5 Å². The molecule has 2 rings (SSSR count). The predicted molar refractivity (Wildman–Crippen MR) is 122 cm³/mol. The van der Waals surface area contributed by atoms with E-state index < -0.39 is 38.7 Å². The fourth-order valence-electron chi connectivity index (χ4n) is 2.56. The topological polar surface area (TPSA) is 173 Å². The number of carbonyl (C=O) groups excluding carboxylic acids is 4. The Labute approximate surface area is 207 Å². The molecule has 0 aromatic carbocycles. The van der Waals surface area contributed by atoms with E-state index in [-0.39, 0.29) is 54.2 Å². The Morgan fingerprint density at radius 2 is 1.34 bits per heavy atom. The Morgan fingerprint density at radius 1 is 0.857 bits per heavy atom. The summed E-state index contributed by atoms with van der Waals surface area (Å²) < 4.78 is 27.6. The van der Waals surface area contributed by atoms with Gasteiger partial charge in [0.2, 0.25) is 0 Å². The highest BCUT2D eigenvalue weighted by Gasteiger charge is 2.35.